The van der Waals surface area contributed by atoms with Gasteiger partial charge in [-0.1, -0.05) is 70.9 Å². The molecular weight excluding hydrogens is 511 g/mol. The predicted molar refractivity (Wildman–Crippen MR) is 157 cm³/mol. The molecule has 0 aromatic heterocycles. The molecule has 1 unspecified atom stereocenters. The smallest absolute Gasteiger partial charge is 0.393 e. The van der Waals surface area contributed by atoms with Gasteiger partial charge in [-0.25, -0.2) is 0 Å². The molecule has 0 saturated heterocycles. The number of fused-ring (bicyclic) bond motifs is 1. The van der Waals surface area contributed by atoms with Crippen LogP contribution in [0.1, 0.15) is 98.3 Å². The zero-order valence-electron chi connectivity index (χ0n) is 24.6. The van der Waals surface area contributed by atoms with Gasteiger partial charge in [0, 0.05) is 6.42 Å². The third-order valence-corrected chi connectivity index (χ3v) is 11.0. The highest BCUT2D eigenvalue weighted by molar-refractivity contribution is 7.72. The van der Waals surface area contributed by atoms with Crippen LogP contribution < -0.4 is 0 Å². The summed E-state index contributed by atoms with van der Waals surface area (Å²) in [6, 6.07) is 0. The molecule has 0 bridgehead atoms. The largest absolute Gasteiger partial charge is 0.400 e. The first kappa shape index (κ1) is 32.2. The standard InChI is InChI=1S/C32H51O6P/c1-6-8-19-37-39(36,38-20-9-7-2)31(35)17-12-23(3)28-15-16-29-25(11-10-18-32(28,29)5)13-14-26-21-27(33)22-30(34)24(26)4/h12-14,17,23,27-30,33-34H,4,6-11,15-16,18-22H2,1-3,5H3/b17-12+,25-13+,26-14-/t23-,27-,28-,29?,30+,32-/m1/s1. The predicted octanol–water partition coefficient (Wildman–Crippen LogP) is 7.67. The van der Waals surface area contributed by atoms with Crippen molar-refractivity contribution in [2.75, 3.05) is 13.2 Å². The highest BCUT2D eigenvalue weighted by atomic mass is 31.2. The van der Waals surface area contributed by atoms with E-state index in [0.29, 0.717) is 24.7 Å². The second-order valence-corrected chi connectivity index (χ2v) is 14.0. The Bertz CT molecular complexity index is 983. The fourth-order valence-corrected chi connectivity index (χ4v) is 8.23. The Morgan fingerprint density at radius 1 is 1.15 bits per heavy atom. The highest BCUT2D eigenvalue weighted by Crippen LogP contribution is 2.59. The van der Waals surface area contributed by atoms with Crippen molar-refractivity contribution in [3.63, 3.8) is 0 Å². The zero-order chi connectivity index (χ0) is 28.6. The summed E-state index contributed by atoms with van der Waals surface area (Å²) < 4.78 is 24.4. The first-order valence-electron chi connectivity index (χ1n) is 15.1. The lowest BCUT2D eigenvalue weighted by molar-refractivity contribution is -0.110. The van der Waals surface area contributed by atoms with Crippen LogP contribution >= 0.6 is 7.60 Å². The maximum Gasteiger partial charge on any atom is 0.400 e. The van der Waals surface area contributed by atoms with Crippen molar-refractivity contribution in [3.05, 3.63) is 47.6 Å². The van der Waals surface area contributed by atoms with Crippen LogP contribution in [0.5, 0.6) is 0 Å². The summed E-state index contributed by atoms with van der Waals surface area (Å²) in [4.78, 5) is 13.0. The lowest BCUT2D eigenvalue weighted by atomic mass is 9.61. The summed E-state index contributed by atoms with van der Waals surface area (Å²) in [6.07, 6.45) is 16.1. The van der Waals surface area contributed by atoms with Gasteiger partial charge in [0.15, 0.2) is 0 Å². The summed E-state index contributed by atoms with van der Waals surface area (Å²) in [7, 11) is -3.83. The van der Waals surface area contributed by atoms with E-state index in [9.17, 15) is 19.6 Å². The van der Waals surface area contributed by atoms with Gasteiger partial charge in [0.2, 0.25) is 0 Å². The molecule has 0 radical (unpaired) electrons. The Kier molecular flexibility index (Phi) is 12.0. The van der Waals surface area contributed by atoms with E-state index in [0.717, 1.165) is 68.9 Å². The number of hydrogen-bond donors (Lipinski definition) is 2. The summed E-state index contributed by atoms with van der Waals surface area (Å²) >= 11 is 0. The van der Waals surface area contributed by atoms with Gasteiger partial charge in [-0.3, -0.25) is 9.36 Å². The van der Waals surface area contributed by atoms with Crippen molar-refractivity contribution in [1.82, 2.24) is 0 Å². The van der Waals surface area contributed by atoms with E-state index >= 15 is 0 Å². The summed E-state index contributed by atoms with van der Waals surface area (Å²) in [6.45, 7) is 13.2. The van der Waals surface area contributed by atoms with E-state index in [2.05, 4.69) is 32.6 Å². The number of carbonyl (C=O) groups excluding carboxylic acids is 1. The lowest BCUT2D eigenvalue weighted by Crippen LogP contribution is -2.35. The second-order valence-electron chi connectivity index (χ2n) is 12.1. The monoisotopic (exact) mass is 562 g/mol. The van der Waals surface area contributed by atoms with Crippen LogP contribution in [-0.2, 0) is 18.4 Å². The Hall–Kier alpha value is -1.30. The minimum absolute atomic E-state index is 0.122. The molecule has 3 fully saturated rings. The molecule has 6 atom stereocenters. The fourth-order valence-electron chi connectivity index (χ4n) is 6.89. The van der Waals surface area contributed by atoms with Gasteiger partial charge in [0.25, 0.3) is 5.52 Å². The summed E-state index contributed by atoms with van der Waals surface area (Å²) in [5.41, 5.74) is 2.67. The number of unbranched alkanes of at least 4 members (excludes halogenated alkanes) is 2. The van der Waals surface area contributed by atoms with Crippen LogP contribution in [0, 0.1) is 23.2 Å². The molecule has 0 aromatic rings. The number of aliphatic hydroxyl groups excluding tert-OH is 2. The number of allylic oxidation sites excluding steroid dienone is 5. The summed E-state index contributed by atoms with van der Waals surface area (Å²) in [5.74, 6) is 1.04. The minimum Gasteiger partial charge on any atom is -0.393 e. The van der Waals surface area contributed by atoms with E-state index < -0.39 is 25.3 Å². The molecule has 6 nitrogen and oxygen atoms in total. The molecule has 0 heterocycles. The van der Waals surface area contributed by atoms with E-state index in [1.54, 1.807) is 0 Å². The molecule has 39 heavy (non-hydrogen) atoms. The third kappa shape index (κ3) is 7.92. The van der Waals surface area contributed by atoms with Crippen molar-refractivity contribution in [2.24, 2.45) is 23.2 Å². The van der Waals surface area contributed by atoms with E-state index in [1.807, 2.05) is 19.9 Å². The first-order valence-corrected chi connectivity index (χ1v) is 16.7. The molecule has 3 rings (SSSR count). The molecule has 0 aliphatic heterocycles. The minimum atomic E-state index is -3.83. The van der Waals surface area contributed by atoms with Gasteiger partial charge in [-0.15, -0.1) is 0 Å². The average molecular weight is 563 g/mol. The third-order valence-electron chi connectivity index (χ3n) is 9.27. The first-order chi connectivity index (χ1) is 18.6. The van der Waals surface area contributed by atoms with Crippen LogP contribution in [-0.4, -0.2) is 41.2 Å². The van der Waals surface area contributed by atoms with Crippen LogP contribution in [0.4, 0.5) is 0 Å². The molecule has 0 amide bonds. The zero-order valence-corrected chi connectivity index (χ0v) is 25.5. The van der Waals surface area contributed by atoms with Gasteiger partial charge >= 0.3 is 7.60 Å². The normalized spacial score (nSPS) is 32.7. The van der Waals surface area contributed by atoms with Gasteiger partial charge in [-0.2, -0.15) is 0 Å². The average Bonchev–Trinajstić information content (AvgIpc) is 3.26. The van der Waals surface area contributed by atoms with Gasteiger partial charge in [0.05, 0.1) is 25.4 Å². The SMILES string of the molecule is C=C1/C(=C\C=C2/CCC[C@@]3(C)C2CC[C@@H]3[C@H](C)/C=C/C(=O)P(=O)(OCCCC)OCCCC)C[C@@H](O)C[C@@H]1O. The van der Waals surface area contributed by atoms with Gasteiger partial charge in [-0.05, 0) is 91.8 Å². The number of aliphatic hydroxyl groups is 2. The van der Waals surface area contributed by atoms with E-state index in [-0.39, 0.29) is 24.5 Å². The number of hydrogen-bond acceptors (Lipinski definition) is 6. The van der Waals surface area contributed by atoms with Crippen LogP contribution in [0.15, 0.2) is 47.6 Å². The molecule has 3 aliphatic carbocycles. The number of rotatable bonds is 13. The molecular formula is C32H51O6P. The quantitative estimate of drug-likeness (QED) is 0.136. The van der Waals surface area contributed by atoms with Crippen molar-refractivity contribution in [2.45, 2.75) is 111 Å². The molecule has 220 valence electrons. The molecule has 7 heteroatoms. The lowest BCUT2D eigenvalue weighted by Gasteiger charge is -2.44. The fraction of sp³-hybridized carbons (Fsp3) is 0.719. The van der Waals surface area contributed by atoms with Crippen molar-refractivity contribution in [1.29, 1.82) is 0 Å². The maximum atomic E-state index is 13.3. The Morgan fingerprint density at radius 3 is 2.46 bits per heavy atom. The molecule has 3 saturated carbocycles. The van der Waals surface area contributed by atoms with Crippen molar-refractivity contribution < 1.29 is 28.6 Å². The second kappa shape index (κ2) is 14.5. The van der Waals surface area contributed by atoms with E-state index in [4.69, 9.17) is 9.05 Å². The van der Waals surface area contributed by atoms with E-state index in [1.165, 1.54) is 11.6 Å². The Balaban J connectivity index is 1.71. The Morgan fingerprint density at radius 2 is 1.82 bits per heavy atom. The number of carbonyl (C=O) groups is 1. The van der Waals surface area contributed by atoms with Crippen molar-refractivity contribution >= 4 is 13.1 Å². The molecule has 0 aromatic carbocycles. The van der Waals surface area contributed by atoms with Crippen LogP contribution in [0.25, 0.3) is 0 Å². The highest BCUT2D eigenvalue weighted by Gasteiger charge is 2.50. The van der Waals surface area contributed by atoms with Gasteiger partial charge < -0.3 is 19.3 Å². The maximum absolute atomic E-state index is 13.3. The molecule has 0 spiro atoms. The molecule has 3 aliphatic rings. The Labute approximate surface area is 236 Å². The topological polar surface area (TPSA) is 93.1 Å². The van der Waals surface area contributed by atoms with Gasteiger partial charge in [0.1, 0.15) is 0 Å². The van der Waals surface area contributed by atoms with Crippen LogP contribution in [0.2, 0.25) is 0 Å². The van der Waals surface area contributed by atoms with Crippen LogP contribution in [0.3, 0.4) is 0 Å². The van der Waals surface area contributed by atoms with Crippen molar-refractivity contribution in [3.8, 4) is 0 Å². The molecule has 2 N–H and O–H groups in total. The summed E-state index contributed by atoms with van der Waals surface area (Å²) in [5, 5.41) is 20.3.